The maximum absolute atomic E-state index is 13.3. The van der Waals surface area contributed by atoms with Gasteiger partial charge >= 0.3 is 6.09 Å². The van der Waals surface area contributed by atoms with E-state index in [0.717, 1.165) is 36.0 Å². The SMILES string of the molecule is C=C1CCCC(C(=O)N2C(=O)OC[C@H]2C(c2ccccc2)c2ccccc2)C1. The van der Waals surface area contributed by atoms with Crippen molar-refractivity contribution in [3.63, 3.8) is 0 Å². The molecular formula is C24H25NO3. The molecule has 0 N–H and O–H groups in total. The second kappa shape index (κ2) is 8.01. The van der Waals surface area contributed by atoms with E-state index in [0.29, 0.717) is 6.42 Å². The van der Waals surface area contributed by atoms with E-state index in [1.165, 1.54) is 4.90 Å². The van der Waals surface area contributed by atoms with Crippen molar-refractivity contribution in [2.45, 2.75) is 37.6 Å². The molecule has 1 aliphatic carbocycles. The van der Waals surface area contributed by atoms with Crippen LogP contribution in [0.25, 0.3) is 0 Å². The zero-order chi connectivity index (χ0) is 19.5. The normalized spacial score (nSPS) is 22.4. The number of ether oxygens (including phenoxy) is 1. The smallest absolute Gasteiger partial charge is 0.417 e. The van der Waals surface area contributed by atoms with Crippen LogP contribution in [-0.2, 0) is 9.53 Å². The largest absolute Gasteiger partial charge is 0.447 e. The Bertz CT molecular complexity index is 822. The Morgan fingerprint density at radius 3 is 2.21 bits per heavy atom. The van der Waals surface area contributed by atoms with Crippen LogP contribution in [0.3, 0.4) is 0 Å². The molecule has 1 unspecified atom stereocenters. The Morgan fingerprint density at radius 1 is 1.04 bits per heavy atom. The summed E-state index contributed by atoms with van der Waals surface area (Å²) in [6.45, 7) is 4.27. The number of nitrogens with zero attached hydrogens (tertiary/aromatic N) is 1. The third-order valence-corrected chi connectivity index (χ3v) is 5.81. The van der Waals surface area contributed by atoms with Crippen molar-refractivity contribution in [2.75, 3.05) is 6.61 Å². The summed E-state index contributed by atoms with van der Waals surface area (Å²) in [6.07, 6.45) is 2.85. The molecule has 2 fully saturated rings. The van der Waals surface area contributed by atoms with E-state index in [2.05, 4.69) is 6.58 Å². The molecule has 4 rings (SSSR count). The van der Waals surface area contributed by atoms with Crippen molar-refractivity contribution in [3.05, 3.63) is 83.9 Å². The predicted octanol–water partition coefficient (Wildman–Crippen LogP) is 4.91. The van der Waals surface area contributed by atoms with Gasteiger partial charge in [0.15, 0.2) is 0 Å². The summed E-state index contributed by atoms with van der Waals surface area (Å²) < 4.78 is 5.38. The highest BCUT2D eigenvalue weighted by Gasteiger charge is 2.45. The number of carbonyl (C=O) groups is 2. The minimum atomic E-state index is -0.525. The number of cyclic esters (lactones) is 1. The van der Waals surface area contributed by atoms with Crippen LogP contribution in [0.4, 0.5) is 4.79 Å². The van der Waals surface area contributed by atoms with Crippen LogP contribution in [-0.4, -0.2) is 29.5 Å². The number of imide groups is 1. The van der Waals surface area contributed by atoms with Gasteiger partial charge in [0.2, 0.25) is 5.91 Å². The highest BCUT2D eigenvalue weighted by atomic mass is 16.6. The first kappa shape index (κ1) is 18.5. The lowest BCUT2D eigenvalue weighted by molar-refractivity contribution is -0.134. The van der Waals surface area contributed by atoms with E-state index in [-0.39, 0.29) is 30.4 Å². The van der Waals surface area contributed by atoms with Crippen molar-refractivity contribution >= 4 is 12.0 Å². The second-order valence-corrected chi connectivity index (χ2v) is 7.69. The molecule has 2 amide bonds. The molecule has 1 saturated carbocycles. The Labute approximate surface area is 165 Å². The van der Waals surface area contributed by atoms with Crippen molar-refractivity contribution in [2.24, 2.45) is 5.92 Å². The molecule has 2 atom stereocenters. The molecule has 1 saturated heterocycles. The van der Waals surface area contributed by atoms with Crippen molar-refractivity contribution in [3.8, 4) is 0 Å². The molecule has 2 aromatic carbocycles. The predicted molar refractivity (Wildman–Crippen MR) is 108 cm³/mol. The zero-order valence-electron chi connectivity index (χ0n) is 15.9. The molecule has 144 valence electrons. The Morgan fingerprint density at radius 2 is 1.64 bits per heavy atom. The second-order valence-electron chi connectivity index (χ2n) is 7.69. The lowest BCUT2D eigenvalue weighted by atomic mass is 9.82. The third kappa shape index (κ3) is 3.59. The van der Waals surface area contributed by atoms with E-state index < -0.39 is 6.09 Å². The lowest BCUT2D eigenvalue weighted by Gasteiger charge is -2.32. The first-order chi connectivity index (χ1) is 13.6. The average molecular weight is 375 g/mol. The van der Waals surface area contributed by atoms with E-state index in [4.69, 9.17) is 4.74 Å². The summed E-state index contributed by atoms with van der Waals surface area (Å²) in [6, 6.07) is 19.7. The molecule has 0 radical (unpaired) electrons. The molecule has 1 heterocycles. The van der Waals surface area contributed by atoms with Gasteiger partial charge in [-0.1, -0.05) is 72.8 Å². The number of hydrogen-bond acceptors (Lipinski definition) is 3. The van der Waals surface area contributed by atoms with Crippen LogP contribution in [0.15, 0.2) is 72.8 Å². The maximum Gasteiger partial charge on any atom is 0.417 e. The minimum Gasteiger partial charge on any atom is -0.447 e. The van der Waals surface area contributed by atoms with Gasteiger partial charge in [0.1, 0.15) is 6.61 Å². The minimum absolute atomic E-state index is 0.120. The van der Waals surface area contributed by atoms with Crippen LogP contribution >= 0.6 is 0 Å². The van der Waals surface area contributed by atoms with Gasteiger partial charge in [-0.05, 0) is 36.8 Å². The van der Waals surface area contributed by atoms with E-state index in [1.807, 2.05) is 60.7 Å². The number of allylic oxidation sites excluding steroid dienone is 1. The molecular weight excluding hydrogens is 350 g/mol. The quantitative estimate of drug-likeness (QED) is 0.713. The average Bonchev–Trinajstić information content (AvgIpc) is 3.10. The fraction of sp³-hybridized carbons (Fsp3) is 0.333. The number of carbonyl (C=O) groups excluding carboxylic acids is 2. The van der Waals surface area contributed by atoms with Crippen LogP contribution in [0.2, 0.25) is 0 Å². The van der Waals surface area contributed by atoms with E-state index in [9.17, 15) is 9.59 Å². The summed E-state index contributed by atoms with van der Waals surface area (Å²) in [4.78, 5) is 27.3. The standard InChI is InChI=1S/C24H25NO3/c1-17-9-8-14-20(15-17)23(26)25-21(16-28-24(25)27)22(18-10-4-2-5-11-18)19-12-6-3-7-13-19/h2-7,10-13,20-22H,1,8-9,14-16H2/t20?,21-/m0/s1. The Balaban J connectivity index is 1.69. The van der Waals surface area contributed by atoms with Gasteiger partial charge in [0.25, 0.3) is 0 Å². The van der Waals surface area contributed by atoms with E-state index >= 15 is 0 Å². The fourth-order valence-electron chi connectivity index (χ4n) is 4.45. The molecule has 4 nitrogen and oxygen atoms in total. The van der Waals surface area contributed by atoms with Gasteiger partial charge < -0.3 is 4.74 Å². The number of rotatable bonds is 4. The first-order valence-electron chi connectivity index (χ1n) is 9.91. The summed E-state index contributed by atoms with van der Waals surface area (Å²) in [5.74, 6) is -0.420. The molecule has 0 bridgehead atoms. The van der Waals surface area contributed by atoms with Crippen molar-refractivity contribution in [1.82, 2.24) is 4.90 Å². The Hall–Kier alpha value is -2.88. The van der Waals surface area contributed by atoms with Gasteiger partial charge in [-0.3, -0.25) is 4.79 Å². The van der Waals surface area contributed by atoms with Crippen LogP contribution in [0, 0.1) is 5.92 Å². The molecule has 0 aromatic heterocycles. The highest BCUT2D eigenvalue weighted by molar-refractivity contribution is 5.95. The molecule has 2 aliphatic rings. The third-order valence-electron chi connectivity index (χ3n) is 5.81. The monoisotopic (exact) mass is 375 g/mol. The molecule has 1 aliphatic heterocycles. The van der Waals surface area contributed by atoms with Crippen LogP contribution < -0.4 is 0 Å². The summed E-state index contributed by atoms with van der Waals surface area (Å²) in [7, 11) is 0. The lowest BCUT2D eigenvalue weighted by Crippen LogP contribution is -2.46. The summed E-state index contributed by atoms with van der Waals surface area (Å²) in [5.41, 5.74) is 3.24. The Kier molecular flexibility index (Phi) is 5.29. The molecule has 2 aromatic rings. The van der Waals surface area contributed by atoms with Crippen molar-refractivity contribution in [1.29, 1.82) is 0 Å². The number of benzene rings is 2. The number of amides is 2. The van der Waals surface area contributed by atoms with Crippen LogP contribution in [0.5, 0.6) is 0 Å². The van der Waals surface area contributed by atoms with Gasteiger partial charge in [-0.15, -0.1) is 0 Å². The van der Waals surface area contributed by atoms with Gasteiger partial charge in [0, 0.05) is 11.8 Å². The molecule has 4 heteroatoms. The first-order valence-corrected chi connectivity index (χ1v) is 9.91. The summed E-state index contributed by atoms with van der Waals surface area (Å²) >= 11 is 0. The highest BCUT2D eigenvalue weighted by Crippen LogP contribution is 2.37. The topological polar surface area (TPSA) is 46.6 Å². The maximum atomic E-state index is 13.3. The van der Waals surface area contributed by atoms with Crippen LogP contribution in [0.1, 0.15) is 42.7 Å². The molecule has 28 heavy (non-hydrogen) atoms. The van der Waals surface area contributed by atoms with E-state index in [1.54, 1.807) is 0 Å². The van der Waals surface area contributed by atoms with Gasteiger partial charge in [0.05, 0.1) is 6.04 Å². The van der Waals surface area contributed by atoms with Crippen molar-refractivity contribution < 1.29 is 14.3 Å². The van der Waals surface area contributed by atoms with Gasteiger partial charge in [-0.2, -0.15) is 0 Å². The van der Waals surface area contributed by atoms with Gasteiger partial charge in [-0.25, -0.2) is 9.69 Å². The fourth-order valence-corrected chi connectivity index (χ4v) is 4.45. The zero-order valence-corrected chi connectivity index (χ0v) is 15.9. The summed E-state index contributed by atoms with van der Waals surface area (Å²) in [5, 5.41) is 0. The number of hydrogen-bond donors (Lipinski definition) is 0. The molecule has 0 spiro atoms.